The molecule has 9 heteroatoms. The standard InChI is InChI=1S/C16H17ClN2O5S/c1-11-7-8-12(19(20)21)9-16(11)25(22,23)18-10-15(24-2)13-5-3-4-6-14(13)17/h3-9,15,18H,10H2,1-2H3. The molecular weight excluding hydrogens is 368 g/mol. The van der Waals surface area contributed by atoms with Gasteiger partial charge in [0, 0.05) is 36.4 Å². The Morgan fingerprint density at radius 1 is 1.28 bits per heavy atom. The summed E-state index contributed by atoms with van der Waals surface area (Å²) in [5, 5.41) is 11.3. The average Bonchev–Trinajstić information content (AvgIpc) is 2.56. The van der Waals surface area contributed by atoms with Crippen LogP contribution < -0.4 is 4.72 Å². The average molecular weight is 385 g/mol. The lowest BCUT2D eigenvalue weighted by Gasteiger charge is -2.18. The number of nitrogens with zero attached hydrogens (tertiary/aromatic N) is 1. The molecule has 0 amide bonds. The molecule has 7 nitrogen and oxygen atoms in total. The highest BCUT2D eigenvalue weighted by atomic mass is 35.5. The Balaban J connectivity index is 2.25. The van der Waals surface area contributed by atoms with E-state index in [2.05, 4.69) is 4.72 Å². The van der Waals surface area contributed by atoms with E-state index in [1.807, 2.05) is 0 Å². The fraction of sp³-hybridized carbons (Fsp3) is 0.250. The number of aryl methyl sites for hydroxylation is 1. The Kier molecular flexibility index (Phi) is 6.12. The molecule has 2 aromatic rings. The first-order chi connectivity index (χ1) is 11.8. The molecule has 0 radical (unpaired) electrons. The molecular formula is C16H17ClN2O5S. The number of rotatable bonds is 7. The van der Waals surface area contributed by atoms with Gasteiger partial charge in [-0.1, -0.05) is 35.9 Å². The molecule has 0 bridgehead atoms. The number of sulfonamides is 1. The minimum Gasteiger partial charge on any atom is -0.375 e. The molecule has 25 heavy (non-hydrogen) atoms. The number of nitro groups is 1. The van der Waals surface area contributed by atoms with Crippen molar-refractivity contribution in [2.45, 2.75) is 17.9 Å². The van der Waals surface area contributed by atoms with Crippen LogP contribution in [0, 0.1) is 17.0 Å². The molecule has 0 saturated carbocycles. The van der Waals surface area contributed by atoms with Crippen LogP contribution in [-0.2, 0) is 14.8 Å². The summed E-state index contributed by atoms with van der Waals surface area (Å²) in [7, 11) is -2.51. The molecule has 0 aromatic heterocycles. The molecule has 0 spiro atoms. The lowest BCUT2D eigenvalue weighted by Crippen LogP contribution is -2.30. The molecule has 0 aliphatic rings. The van der Waals surface area contributed by atoms with E-state index < -0.39 is 21.1 Å². The van der Waals surface area contributed by atoms with E-state index in [0.717, 1.165) is 6.07 Å². The van der Waals surface area contributed by atoms with Crippen LogP contribution in [0.1, 0.15) is 17.2 Å². The van der Waals surface area contributed by atoms with Gasteiger partial charge in [-0.15, -0.1) is 0 Å². The summed E-state index contributed by atoms with van der Waals surface area (Å²) in [6.07, 6.45) is -0.595. The fourth-order valence-electron chi connectivity index (χ4n) is 2.31. The van der Waals surface area contributed by atoms with Gasteiger partial charge in [0.1, 0.15) is 0 Å². The number of non-ortho nitro benzene ring substituents is 1. The second-order valence-corrected chi connectivity index (χ2v) is 7.45. The van der Waals surface area contributed by atoms with Crippen molar-refractivity contribution < 1.29 is 18.1 Å². The second kappa shape index (κ2) is 7.92. The maximum atomic E-state index is 12.5. The molecule has 0 saturated heterocycles. The van der Waals surface area contributed by atoms with Gasteiger partial charge in [-0.05, 0) is 18.6 Å². The fourth-order valence-corrected chi connectivity index (χ4v) is 3.86. The van der Waals surface area contributed by atoms with E-state index in [0.29, 0.717) is 16.1 Å². The molecule has 0 heterocycles. The molecule has 1 atom stereocenters. The normalized spacial score (nSPS) is 12.8. The Morgan fingerprint density at radius 2 is 1.96 bits per heavy atom. The summed E-state index contributed by atoms with van der Waals surface area (Å²) in [6.45, 7) is 1.50. The van der Waals surface area contributed by atoms with Gasteiger partial charge in [0.15, 0.2) is 0 Å². The van der Waals surface area contributed by atoms with Crippen molar-refractivity contribution in [3.63, 3.8) is 0 Å². The summed E-state index contributed by atoms with van der Waals surface area (Å²) in [4.78, 5) is 10.1. The van der Waals surface area contributed by atoms with Gasteiger partial charge in [-0.3, -0.25) is 10.1 Å². The number of halogens is 1. The number of benzene rings is 2. The third-order valence-electron chi connectivity index (χ3n) is 3.67. The lowest BCUT2D eigenvalue weighted by molar-refractivity contribution is -0.385. The zero-order valence-electron chi connectivity index (χ0n) is 13.6. The van der Waals surface area contributed by atoms with E-state index in [1.54, 1.807) is 31.2 Å². The van der Waals surface area contributed by atoms with Crippen LogP contribution in [0.25, 0.3) is 0 Å². The number of ether oxygens (including phenoxy) is 1. The first-order valence-corrected chi connectivity index (χ1v) is 9.14. The number of hydrogen-bond donors (Lipinski definition) is 1. The highest BCUT2D eigenvalue weighted by Crippen LogP contribution is 2.26. The van der Waals surface area contributed by atoms with Gasteiger partial charge in [-0.2, -0.15) is 0 Å². The largest absolute Gasteiger partial charge is 0.375 e. The number of hydrogen-bond acceptors (Lipinski definition) is 5. The molecule has 0 aliphatic carbocycles. The first-order valence-electron chi connectivity index (χ1n) is 7.28. The molecule has 1 N–H and O–H groups in total. The summed E-state index contributed by atoms with van der Waals surface area (Å²) >= 11 is 6.11. The molecule has 2 rings (SSSR count). The van der Waals surface area contributed by atoms with Gasteiger partial charge in [0.25, 0.3) is 5.69 Å². The Morgan fingerprint density at radius 3 is 2.56 bits per heavy atom. The summed E-state index contributed by atoms with van der Waals surface area (Å²) in [5.41, 5.74) is 0.760. The Labute approximate surface area is 150 Å². The number of nitrogens with one attached hydrogen (secondary N) is 1. The molecule has 0 aliphatic heterocycles. The molecule has 134 valence electrons. The van der Waals surface area contributed by atoms with E-state index in [4.69, 9.17) is 16.3 Å². The molecule has 1 unspecified atom stereocenters. The van der Waals surface area contributed by atoms with Crippen molar-refractivity contribution in [2.24, 2.45) is 0 Å². The molecule has 0 fully saturated rings. The van der Waals surface area contributed by atoms with Crippen molar-refractivity contribution >= 4 is 27.3 Å². The lowest BCUT2D eigenvalue weighted by atomic mass is 10.1. The van der Waals surface area contributed by atoms with Crippen LogP contribution in [0.3, 0.4) is 0 Å². The maximum Gasteiger partial charge on any atom is 0.270 e. The van der Waals surface area contributed by atoms with E-state index in [9.17, 15) is 18.5 Å². The predicted octanol–water partition coefficient (Wildman–Crippen LogP) is 3.22. The second-order valence-electron chi connectivity index (χ2n) is 5.30. The SMILES string of the molecule is COC(CNS(=O)(=O)c1cc([N+](=O)[O-])ccc1C)c1ccccc1Cl. The quantitative estimate of drug-likeness (QED) is 0.583. The third-order valence-corrected chi connectivity index (χ3v) is 5.58. The van der Waals surface area contributed by atoms with E-state index >= 15 is 0 Å². The van der Waals surface area contributed by atoms with Crippen LogP contribution in [0.15, 0.2) is 47.4 Å². The van der Waals surface area contributed by atoms with Crippen molar-refractivity contribution in [2.75, 3.05) is 13.7 Å². The van der Waals surface area contributed by atoms with Crippen molar-refractivity contribution in [3.05, 3.63) is 68.7 Å². The predicted molar refractivity (Wildman–Crippen MR) is 94.2 cm³/mol. The Hall–Kier alpha value is -2.00. The number of methoxy groups -OCH3 is 1. The van der Waals surface area contributed by atoms with Crippen LogP contribution in [0.4, 0.5) is 5.69 Å². The van der Waals surface area contributed by atoms with Gasteiger partial charge in [0.05, 0.1) is 15.9 Å². The maximum absolute atomic E-state index is 12.5. The van der Waals surface area contributed by atoms with Crippen LogP contribution >= 0.6 is 11.6 Å². The third kappa shape index (κ3) is 4.55. The summed E-state index contributed by atoms with van der Waals surface area (Å²) in [6, 6.07) is 10.6. The smallest absolute Gasteiger partial charge is 0.270 e. The number of nitro benzene ring substituents is 1. The summed E-state index contributed by atoms with van der Waals surface area (Å²) < 4.78 is 32.8. The minimum absolute atomic E-state index is 0.0648. The van der Waals surface area contributed by atoms with E-state index in [-0.39, 0.29) is 17.1 Å². The monoisotopic (exact) mass is 384 g/mol. The van der Waals surface area contributed by atoms with Crippen LogP contribution in [-0.4, -0.2) is 27.0 Å². The zero-order chi connectivity index (χ0) is 18.6. The van der Waals surface area contributed by atoms with E-state index in [1.165, 1.54) is 19.2 Å². The molecule has 2 aromatic carbocycles. The van der Waals surface area contributed by atoms with Crippen LogP contribution in [0.2, 0.25) is 5.02 Å². The minimum atomic E-state index is -3.95. The van der Waals surface area contributed by atoms with Crippen molar-refractivity contribution in [3.8, 4) is 0 Å². The van der Waals surface area contributed by atoms with Gasteiger partial charge >= 0.3 is 0 Å². The first kappa shape index (κ1) is 19.3. The summed E-state index contributed by atoms with van der Waals surface area (Å²) in [5.74, 6) is 0. The van der Waals surface area contributed by atoms with Gasteiger partial charge in [0.2, 0.25) is 10.0 Å². The van der Waals surface area contributed by atoms with Gasteiger partial charge in [-0.25, -0.2) is 13.1 Å². The topological polar surface area (TPSA) is 98.5 Å². The highest BCUT2D eigenvalue weighted by Gasteiger charge is 2.23. The zero-order valence-corrected chi connectivity index (χ0v) is 15.2. The van der Waals surface area contributed by atoms with Crippen molar-refractivity contribution in [1.82, 2.24) is 4.72 Å². The Bertz CT molecular complexity index is 886. The van der Waals surface area contributed by atoms with Crippen molar-refractivity contribution in [1.29, 1.82) is 0 Å². The highest BCUT2D eigenvalue weighted by molar-refractivity contribution is 7.89. The van der Waals surface area contributed by atoms with Gasteiger partial charge < -0.3 is 4.74 Å². The van der Waals surface area contributed by atoms with Crippen LogP contribution in [0.5, 0.6) is 0 Å².